The summed E-state index contributed by atoms with van der Waals surface area (Å²) in [5, 5.41) is 9.33. The molecule has 2 aromatic heterocycles. The van der Waals surface area contributed by atoms with Gasteiger partial charge in [-0.05, 0) is 68.6 Å². The van der Waals surface area contributed by atoms with Crippen LogP contribution in [0, 0.1) is 0 Å². The van der Waals surface area contributed by atoms with Crippen LogP contribution in [0.1, 0.15) is 53.0 Å². The average Bonchev–Trinajstić information content (AvgIpc) is 3.85. The van der Waals surface area contributed by atoms with Crippen molar-refractivity contribution in [3.8, 4) is 22.8 Å². The SMILES string of the molecule is CNC(=O)[C@@H]1CCCN1Cc1ccc(C(=O)Nc2cccc(-c3cccc(OCc4nc(OC)c(CN5CCC[C@H]5C(=O)NC)cc4Cl)c3Cl)c2Cl)nc1. The molecule has 2 aliphatic rings. The number of aromatic nitrogens is 2. The number of ether oxygens (including phenoxy) is 2. The predicted molar refractivity (Wildman–Crippen MR) is 209 cm³/mol. The number of pyridine rings is 2. The number of hydrogen-bond acceptors (Lipinski definition) is 9. The number of methoxy groups -OCH3 is 1. The van der Waals surface area contributed by atoms with Crippen molar-refractivity contribution in [2.75, 3.05) is 39.6 Å². The number of anilines is 1. The molecule has 0 aliphatic carbocycles. The highest BCUT2D eigenvalue weighted by molar-refractivity contribution is 6.39. The maximum absolute atomic E-state index is 13.2. The molecule has 54 heavy (non-hydrogen) atoms. The van der Waals surface area contributed by atoms with Crippen LogP contribution in [0.4, 0.5) is 5.69 Å². The molecule has 284 valence electrons. The number of rotatable bonds is 13. The van der Waals surface area contributed by atoms with Crippen molar-refractivity contribution in [1.29, 1.82) is 0 Å². The molecule has 2 fully saturated rings. The third kappa shape index (κ3) is 8.74. The Bertz CT molecular complexity index is 2020. The minimum absolute atomic E-state index is 0.00549. The molecule has 12 nitrogen and oxygen atoms in total. The second-order valence-electron chi connectivity index (χ2n) is 13.2. The lowest BCUT2D eigenvalue weighted by Gasteiger charge is -2.24. The Kier molecular flexibility index (Phi) is 12.9. The fraction of sp³-hybridized carbons (Fsp3) is 0.359. The quantitative estimate of drug-likeness (QED) is 0.141. The Morgan fingerprint density at radius 2 is 1.50 bits per heavy atom. The van der Waals surface area contributed by atoms with Gasteiger partial charge in [-0.25, -0.2) is 4.98 Å². The Labute approximate surface area is 329 Å². The van der Waals surface area contributed by atoms with E-state index in [0.717, 1.165) is 49.9 Å². The minimum atomic E-state index is -0.425. The van der Waals surface area contributed by atoms with E-state index in [4.69, 9.17) is 44.3 Å². The van der Waals surface area contributed by atoms with Crippen LogP contribution < -0.4 is 25.4 Å². The first-order valence-corrected chi connectivity index (χ1v) is 18.8. The average molecular weight is 795 g/mol. The van der Waals surface area contributed by atoms with Crippen LogP contribution >= 0.6 is 34.8 Å². The van der Waals surface area contributed by atoms with Crippen molar-refractivity contribution >= 4 is 58.2 Å². The first-order chi connectivity index (χ1) is 26.1. The van der Waals surface area contributed by atoms with E-state index in [9.17, 15) is 14.4 Å². The second kappa shape index (κ2) is 17.8. The van der Waals surface area contributed by atoms with Crippen LogP contribution in [0.3, 0.4) is 0 Å². The van der Waals surface area contributed by atoms with Crippen molar-refractivity contribution < 1.29 is 23.9 Å². The normalized spacial score (nSPS) is 17.3. The lowest BCUT2D eigenvalue weighted by atomic mass is 10.0. The zero-order valence-electron chi connectivity index (χ0n) is 30.3. The van der Waals surface area contributed by atoms with Gasteiger partial charge in [-0.1, -0.05) is 65.1 Å². The number of likely N-dealkylation sites (tertiary alicyclic amines) is 2. The zero-order chi connectivity index (χ0) is 38.4. The fourth-order valence-corrected chi connectivity index (χ4v) is 7.79. The van der Waals surface area contributed by atoms with Gasteiger partial charge in [-0.3, -0.25) is 29.2 Å². The van der Waals surface area contributed by atoms with Crippen LogP contribution in [0.5, 0.6) is 11.6 Å². The van der Waals surface area contributed by atoms with Gasteiger partial charge in [-0.2, -0.15) is 0 Å². The molecular weight excluding hydrogens is 753 g/mol. The summed E-state index contributed by atoms with van der Waals surface area (Å²) in [6.45, 7) is 2.64. The van der Waals surface area contributed by atoms with Crippen molar-refractivity contribution in [2.24, 2.45) is 0 Å². The number of likely N-dealkylation sites (N-methyl/N-ethyl adjacent to an activating group) is 2. The van der Waals surface area contributed by atoms with Crippen LogP contribution in [0.15, 0.2) is 60.8 Å². The maximum Gasteiger partial charge on any atom is 0.274 e. The molecule has 15 heteroatoms. The summed E-state index contributed by atoms with van der Waals surface area (Å²) in [7, 11) is 4.83. The topological polar surface area (TPSA) is 138 Å². The fourth-order valence-electron chi connectivity index (χ4n) is 7.00. The molecule has 0 saturated carbocycles. The van der Waals surface area contributed by atoms with Gasteiger partial charge in [0.25, 0.3) is 5.91 Å². The first-order valence-electron chi connectivity index (χ1n) is 17.7. The highest BCUT2D eigenvalue weighted by Crippen LogP contribution is 2.41. The first kappa shape index (κ1) is 39.2. The van der Waals surface area contributed by atoms with Crippen LogP contribution in [0.25, 0.3) is 11.1 Å². The van der Waals surface area contributed by atoms with Gasteiger partial charge in [-0.15, -0.1) is 0 Å². The number of benzene rings is 2. The number of carbonyl (C=O) groups excluding carboxylic acids is 3. The molecule has 6 rings (SSSR count). The Morgan fingerprint density at radius 1 is 0.852 bits per heavy atom. The molecule has 4 heterocycles. The van der Waals surface area contributed by atoms with Crippen molar-refractivity contribution in [2.45, 2.75) is 57.5 Å². The van der Waals surface area contributed by atoms with E-state index in [1.807, 2.05) is 12.1 Å². The predicted octanol–water partition coefficient (Wildman–Crippen LogP) is 6.36. The molecule has 2 saturated heterocycles. The van der Waals surface area contributed by atoms with Gasteiger partial charge < -0.3 is 25.4 Å². The number of nitrogens with one attached hydrogen (secondary N) is 3. The molecule has 0 bridgehead atoms. The molecule has 2 atom stereocenters. The lowest BCUT2D eigenvalue weighted by Crippen LogP contribution is -2.41. The van der Waals surface area contributed by atoms with Gasteiger partial charge in [0.1, 0.15) is 23.7 Å². The van der Waals surface area contributed by atoms with Crippen LogP contribution in [-0.4, -0.2) is 83.9 Å². The van der Waals surface area contributed by atoms with Crippen LogP contribution in [-0.2, 0) is 29.3 Å². The van der Waals surface area contributed by atoms with E-state index in [1.165, 1.54) is 0 Å². The number of amides is 3. The van der Waals surface area contributed by atoms with E-state index < -0.39 is 5.91 Å². The minimum Gasteiger partial charge on any atom is -0.486 e. The molecule has 0 radical (unpaired) electrons. The van der Waals surface area contributed by atoms with Gasteiger partial charge in [0.2, 0.25) is 17.7 Å². The highest BCUT2D eigenvalue weighted by Gasteiger charge is 2.32. The summed E-state index contributed by atoms with van der Waals surface area (Å²) < 4.78 is 11.7. The van der Waals surface area contributed by atoms with Gasteiger partial charge in [0.05, 0.1) is 39.9 Å². The largest absolute Gasteiger partial charge is 0.486 e. The third-order valence-electron chi connectivity index (χ3n) is 9.79. The lowest BCUT2D eigenvalue weighted by molar-refractivity contribution is -0.125. The van der Waals surface area contributed by atoms with Crippen molar-refractivity contribution in [3.63, 3.8) is 0 Å². The van der Waals surface area contributed by atoms with E-state index in [1.54, 1.807) is 69.9 Å². The number of nitrogens with zero attached hydrogens (tertiary/aromatic N) is 4. The summed E-state index contributed by atoms with van der Waals surface area (Å²) in [6.07, 6.45) is 5.13. The molecule has 2 aromatic carbocycles. The summed E-state index contributed by atoms with van der Waals surface area (Å²) in [4.78, 5) is 51.1. The van der Waals surface area contributed by atoms with E-state index in [0.29, 0.717) is 57.3 Å². The summed E-state index contributed by atoms with van der Waals surface area (Å²) in [5.74, 6) is 0.347. The molecule has 0 spiro atoms. The second-order valence-corrected chi connectivity index (χ2v) is 14.3. The maximum atomic E-state index is 13.2. The van der Waals surface area contributed by atoms with E-state index >= 15 is 0 Å². The molecular formula is C39H42Cl3N7O5. The van der Waals surface area contributed by atoms with Gasteiger partial charge >= 0.3 is 0 Å². The standard InChI is InChI=1S/C39H42Cl3N7O5/c1-43-37(51)31-11-6-16-48(31)20-23-14-15-29(45-19-23)36(50)46-28-10-4-8-25(34(28)41)26-9-5-13-33(35(26)42)54-22-30-27(40)18-24(39(47-30)53-3)21-49-17-7-12-32(49)38(52)44-2/h4-5,8-10,13-15,18-19,31-32H,6-7,11-12,16-17,20-22H2,1-3H3,(H,43,51)(H,44,52)(H,46,50)/t31-,32-/m0/s1. The number of carbonyl (C=O) groups is 3. The molecule has 4 aromatic rings. The Balaban J connectivity index is 1.12. The van der Waals surface area contributed by atoms with E-state index in [2.05, 4.69) is 35.7 Å². The summed E-state index contributed by atoms with van der Waals surface area (Å²) >= 11 is 20.5. The molecule has 3 N–H and O–H groups in total. The number of hydrogen-bond donors (Lipinski definition) is 3. The Morgan fingerprint density at radius 3 is 2.13 bits per heavy atom. The van der Waals surface area contributed by atoms with Crippen LogP contribution in [0.2, 0.25) is 15.1 Å². The summed E-state index contributed by atoms with van der Waals surface area (Å²) in [5.41, 5.74) is 3.92. The summed E-state index contributed by atoms with van der Waals surface area (Å²) in [6, 6.07) is 15.5. The Hall–Kier alpha value is -4.46. The smallest absolute Gasteiger partial charge is 0.274 e. The number of halogens is 3. The molecule has 3 amide bonds. The van der Waals surface area contributed by atoms with Crippen molar-refractivity contribution in [3.05, 3.63) is 98.4 Å². The van der Waals surface area contributed by atoms with Crippen molar-refractivity contribution in [1.82, 2.24) is 30.4 Å². The van der Waals surface area contributed by atoms with Gasteiger partial charge in [0.15, 0.2) is 0 Å². The highest BCUT2D eigenvalue weighted by atomic mass is 35.5. The van der Waals surface area contributed by atoms with E-state index in [-0.39, 0.29) is 41.2 Å². The molecule has 0 unspecified atom stereocenters. The zero-order valence-corrected chi connectivity index (χ0v) is 32.5. The van der Waals surface area contributed by atoms with Gasteiger partial charge in [0, 0.05) is 50.1 Å². The third-order valence-corrected chi connectivity index (χ3v) is 10.9. The molecule has 2 aliphatic heterocycles. The monoisotopic (exact) mass is 793 g/mol.